The molecule has 2 rings (SSSR count). The largest absolute Gasteiger partial charge is 0.325 e. The third kappa shape index (κ3) is 3.48. The molecule has 96 valence electrons. The van der Waals surface area contributed by atoms with Gasteiger partial charge in [0.25, 0.3) is 11.5 Å². The molecule has 19 heavy (non-hydrogen) atoms. The third-order valence-electron chi connectivity index (χ3n) is 1.94. The van der Waals surface area contributed by atoms with Crippen molar-refractivity contribution in [3.8, 4) is 11.8 Å². The van der Waals surface area contributed by atoms with E-state index < -0.39 is 5.91 Å². The van der Waals surface area contributed by atoms with Gasteiger partial charge in [-0.15, -0.1) is 0 Å². The third-order valence-corrected chi connectivity index (χ3v) is 2.77. The molecule has 0 spiro atoms. The van der Waals surface area contributed by atoms with Gasteiger partial charge in [0, 0.05) is 6.20 Å². The second-order valence-corrected chi connectivity index (χ2v) is 4.32. The smallest absolute Gasteiger partial charge is 0.277 e. The van der Waals surface area contributed by atoms with Crippen molar-refractivity contribution in [3.05, 3.63) is 39.5 Å². The van der Waals surface area contributed by atoms with Crippen LogP contribution in [0.15, 0.2) is 23.4 Å². The highest BCUT2D eigenvalue weighted by Gasteiger charge is 2.09. The van der Waals surface area contributed by atoms with E-state index in [9.17, 15) is 9.59 Å². The molecule has 2 aromatic rings. The lowest BCUT2D eigenvalue weighted by Gasteiger charge is -1.98. The van der Waals surface area contributed by atoms with E-state index in [1.54, 1.807) is 6.20 Å². The first-order valence-corrected chi connectivity index (χ1v) is 6.01. The maximum atomic E-state index is 11.8. The Morgan fingerprint density at radius 1 is 1.47 bits per heavy atom. The van der Waals surface area contributed by atoms with Crippen LogP contribution in [0.3, 0.4) is 0 Å². The number of nitrogens with two attached hydrogens (primary N) is 1. The van der Waals surface area contributed by atoms with Crippen LogP contribution < -0.4 is 16.6 Å². The molecular weight excluding hydrogens is 266 g/mol. The minimum absolute atomic E-state index is 0.101. The average molecular weight is 275 g/mol. The molecule has 0 radical (unpaired) electrons. The average Bonchev–Trinajstić information content (AvgIpc) is 2.84. The summed E-state index contributed by atoms with van der Waals surface area (Å²) in [6.45, 7) is 0.265. The fourth-order valence-electron chi connectivity index (χ4n) is 1.16. The maximum Gasteiger partial charge on any atom is 0.277 e. The van der Waals surface area contributed by atoms with Crippen LogP contribution >= 0.6 is 11.3 Å². The van der Waals surface area contributed by atoms with Gasteiger partial charge >= 0.3 is 0 Å². The fraction of sp³-hybridized carbons (Fsp3) is 0.0909. The number of hydrogen-bond acceptors (Lipinski definition) is 6. The number of carbonyl (C=O) groups is 1. The maximum absolute atomic E-state index is 11.8. The summed E-state index contributed by atoms with van der Waals surface area (Å²) in [7, 11) is 0. The summed E-state index contributed by atoms with van der Waals surface area (Å²) in [4.78, 5) is 33.4. The zero-order chi connectivity index (χ0) is 13.7. The quantitative estimate of drug-likeness (QED) is 0.656. The Balaban J connectivity index is 2.08. The van der Waals surface area contributed by atoms with Gasteiger partial charge in [-0.3, -0.25) is 14.9 Å². The van der Waals surface area contributed by atoms with E-state index in [1.807, 2.05) is 0 Å². The Morgan fingerprint density at radius 2 is 2.32 bits per heavy atom. The fourth-order valence-corrected chi connectivity index (χ4v) is 1.84. The van der Waals surface area contributed by atoms with Gasteiger partial charge in [-0.25, -0.2) is 9.97 Å². The number of thiazole rings is 1. The minimum Gasteiger partial charge on any atom is -0.325 e. The number of hydrogen-bond donors (Lipinski definition) is 3. The highest BCUT2D eigenvalue weighted by molar-refractivity contribution is 7.16. The molecule has 2 heterocycles. The van der Waals surface area contributed by atoms with Gasteiger partial charge in [0.05, 0.1) is 23.8 Å². The van der Waals surface area contributed by atoms with Crippen molar-refractivity contribution in [3.63, 3.8) is 0 Å². The van der Waals surface area contributed by atoms with Crippen molar-refractivity contribution >= 4 is 22.4 Å². The molecule has 0 saturated carbocycles. The number of anilines is 1. The molecule has 0 bridgehead atoms. The number of aromatic amines is 1. The van der Waals surface area contributed by atoms with E-state index in [-0.39, 0.29) is 17.8 Å². The van der Waals surface area contributed by atoms with E-state index in [0.29, 0.717) is 10.0 Å². The Kier molecular flexibility index (Phi) is 4.02. The molecule has 0 aromatic carbocycles. The summed E-state index contributed by atoms with van der Waals surface area (Å²) in [5.41, 5.74) is 4.99. The Morgan fingerprint density at radius 3 is 3.00 bits per heavy atom. The molecule has 1 amide bonds. The van der Waals surface area contributed by atoms with Crippen LogP contribution in [0.1, 0.15) is 15.4 Å². The van der Waals surface area contributed by atoms with Crippen molar-refractivity contribution in [1.29, 1.82) is 0 Å². The normalized spacial score (nSPS) is 9.53. The lowest BCUT2D eigenvalue weighted by molar-refractivity contribution is 0.102. The van der Waals surface area contributed by atoms with Crippen LogP contribution in [-0.2, 0) is 0 Å². The topological polar surface area (TPSA) is 114 Å². The van der Waals surface area contributed by atoms with Crippen molar-refractivity contribution in [2.75, 3.05) is 11.9 Å². The van der Waals surface area contributed by atoms with Crippen LogP contribution in [0.4, 0.5) is 5.13 Å². The monoisotopic (exact) mass is 275 g/mol. The molecular formula is C11H9N5O2S. The standard InChI is InChI=1S/C11H9N5O2S/c12-3-1-2-7-4-15-11(19-7)16-10(18)8-5-14-9(17)6-13-8/h4-6H,3,12H2,(H,14,17)(H,15,16,18). The van der Waals surface area contributed by atoms with E-state index >= 15 is 0 Å². The molecule has 0 atom stereocenters. The first kappa shape index (κ1) is 12.9. The van der Waals surface area contributed by atoms with E-state index in [2.05, 4.69) is 32.1 Å². The molecule has 0 aliphatic carbocycles. The van der Waals surface area contributed by atoms with Crippen LogP contribution in [0.25, 0.3) is 0 Å². The molecule has 0 aliphatic rings. The van der Waals surface area contributed by atoms with Crippen molar-refractivity contribution in [1.82, 2.24) is 15.0 Å². The number of carbonyl (C=O) groups excluding carboxylic acids is 1. The van der Waals surface area contributed by atoms with Gasteiger partial charge < -0.3 is 10.7 Å². The van der Waals surface area contributed by atoms with Crippen molar-refractivity contribution in [2.45, 2.75) is 0 Å². The SMILES string of the molecule is NCC#Cc1cnc(NC(=O)c2c[nH]c(=O)cn2)s1. The van der Waals surface area contributed by atoms with Crippen molar-refractivity contribution < 1.29 is 4.79 Å². The van der Waals surface area contributed by atoms with Crippen LogP contribution in [0.2, 0.25) is 0 Å². The van der Waals surface area contributed by atoms with E-state index in [1.165, 1.54) is 17.5 Å². The Bertz CT molecular complexity index is 689. The number of nitrogens with zero attached hydrogens (tertiary/aromatic N) is 2. The first-order chi connectivity index (χ1) is 9.19. The number of amides is 1. The molecule has 7 nitrogen and oxygen atoms in total. The van der Waals surface area contributed by atoms with E-state index in [0.717, 1.165) is 6.20 Å². The molecule has 4 N–H and O–H groups in total. The lowest BCUT2D eigenvalue weighted by atomic mass is 10.4. The summed E-state index contributed by atoms with van der Waals surface area (Å²) in [6.07, 6.45) is 3.82. The Labute approximate surface area is 111 Å². The van der Waals surface area contributed by atoms with Gasteiger partial charge in [-0.2, -0.15) is 0 Å². The summed E-state index contributed by atoms with van der Waals surface area (Å²) >= 11 is 1.23. The summed E-state index contributed by atoms with van der Waals surface area (Å²) < 4.78 is 0. The van der Waals surface area contributed by atoms with Crippen LogP contribution in [0, 0.1) is 11.8 Å². The van der Waals surface area contributed by atoms with Gasteiger partial charge in [-0.05, 0) is 0 Å². The molecule has 0 fully saturated rings. The molecule has 0 aliphatic heterocycles. The zero-order valence-electron chi connectivity index (χ0n) is 9.64. The molecule has 0 saturated heterocycles. The predicted octanol–water partition coefficient (Wildman–Crippen LogP) is -0.211. The Hall–Kier alpha value is -2.50. The molecule has 2 aromatic heterocycles. The zero-order valence-corrected chi connectivity index (χ0v) is 10.5. The van der Waals surface area contributed by atoms with Gasteiger partial charge in [-0.1, -0.05) is 23.2 Å². The second-order valence-electron chi connectivity index (χ2n) is 3.29. The van der Waals surface area contributed by atoms with Gasteiger partial charge in [0.1, 0.15) is 5.69 Å². The lowest BCUT2D eigenvalue weighted by Crippen LogP contribution is -2.16. The van der Waals surface area contributed by atoms with Gasteiger partial charge in [0.15, 0.2) is 5.13 Å². The number of rotatable bonds is 2. The highest BCUT2D eigenvalue weighted by atomic mass is 32.1. The summed E-state index contributed by atoms with van der Waals surface area (Å²) in [5.74, 6) is 5.05. The predicted molar refractivity (Wildman–Crippen MR) is 70.9 cm³/mol. The summed E-state index contributed by atoms with van der Waals surface area (Å²) in [6, 6.07) is 0. The molecule has 0 unspecified atom stereocenters. The number of H-pyrrole nitrogens is 1. The highest BCUT2D eigenvalue weighted by Crippen LogP contribution is 2.17. The minimum atomic E-state index is -0.455. The van der Waals surface area contributed by atoms with Crippen LogP contribution in [0.5, 0.6) is 0 Å². The summed E-state index contributed by atoms with van der Waals surface area (Å²) in [5, 5.41) is 2.96. The van der Waals surface area contributed by atoms with Gasteiger partial charge in [0.2, 0.25) is 0 Å². The van der Waals surface area contributed by atoms with E-state index in [4.69, 9.17) is 5.73 Å². The number of aromatic nitrogens is 3. The van der Waals surface area contributed by atoms with Crippen LogP contribution in [-0.4, -0.2) is 27.4 Å². The second kappa shape index (κ2) is 5.90. The molecule has 8 heteroatoms. The first-order valence-electron chi connectivity index (χ1n) is 5.20. The van der Waals surface area contributed by atoms with Crippen molar-refractivity contribution in [2.24, 2.45) is 5.73 Å². The number of nitrogens with one attached hydrogen (secondary N) is 2.